The van der Waals surface area contributed by atoms with Crippen LogP contribution >= 0.6 is 7.82 Å². The number of quaternary nitrogens is 1. The first-order chi connectivity index (χ1) is 22.9. The van der Waals surface area contributed by atoms with Gasteiger partial charge in [0, 0.05) is 20.8 Å². The third-order valence-electron chi connectivity index (χ3n) is 7.35. The maximum atomic E-state index is 12.7. The Balaban J connectivity index is 0.00000295. The van der Waals surface area contributed by atoms with E-state index in [9.17, 15) is 28.6 Å². The highest BCUT2D eigenvalue weighted by molar-refractivity contribution is 7.45. The molecule has 15 heteroatoms. The SMILES string of the molecule is CC[NH+](CC)CC.COC(=O)[C@H]1O[C@@H](OP(=O)([O-])OCC=C(C)CCC=C(C)CCC=C(C)C)[C@H](OC(C)=O)[C@@H](OC(C)=O)[C@@H]1OC(C)=O. The van der Waals surface area contributed by atoms with Crippen molar-refractivity contribution >= 4 is 31.7 Å². The van der Waals surface area contributed by atoms with E-state index in [-0.39, 0.29) is 6.61 Å². The molecule has 1 saturated heterocycles. The van der Waals surface area contributed by atoms with Crippen molar-refractivity contribution in [1.29, 1.82) is 0 Å². The lowest BCUT2D eigenvalue weighted by molar-refractivity contribution is -0.894. The second kappa shape index (κ2) is 24.3. The molecule has 1 fully saturated rings. The van der Waals surface area contributed by atoms with Gasteiger partial charge in [0.15, 0.2) is 24.4 Å². The number of methoxy groups -OCH3 is 1. The van der Waals surface area contributed by atoms with Gasteiger partial charge in [-0.3, -0.25) is 23.5 Å². The Morgan fingerprint density at radius 3 is 1.65 bits per heavy atom. The molecule has 1 heterocycles. The fourth-order valence-corrected chi connectivity index (χ4v) is 5.42. The second-order valence-corrected chi connectivity index (χ2v) is 13.2. The first-order valence-electron chi connectivity index (χ1n) is 16.6. The van der Waals surface area contributed by atoms with Gasteiger partial charge < -0.3 is 38.0 Å². The molecule has 0 bridgehead atoms. The van der Waals surface area contributed by atoms with Crippen LogP contribution in [0, 0.1) is 0 Å². The number of allylic oxidation sites excluding steroid dienone is 5. The molecular formula is C34H58NO13P. The predicted molar refractivity (Wildman–Crippen MR) is 180 cm³/mol. The number of carbonyl (C=O) groups is 4. The van der Waals surface area contributed by atoms with E-state index in [2.05, 4.69) is 58.4 Å². The summed E-state index contributed by atoms with van der Waals surface area (Å²) in [4.78, 5) is 62.3. The third-order valence-corrected chi connectivity index (χ3v) is 8.29. The average Bonchev–Trinajstić information content (AvgIpc) is 2.99. The molecule has 1 aliphatic heterocycles. The standard InChI is InChI=1S/C28H43O13P.C6H15N/c1-17(2)11-9-12-18(3)13-10-14-19(4)15-16-36-42(33,34)41-28-26(39-22(7)31)24(38-21(6)30)23(37-20(5)29)25(40-28)27(32)35-8;1-4-7(5-2)6-3/h11,13,15,23-26,28H,9-10,12,14,16H2,1-8H3,(H,33,34);4-6H2,1-3H3/t23-,24-,25-,26+,28-;/m0./s1. The summed E-state index contributed by atoms with van der Waals surface area (Å²) >= 11 is 0. The molecule has 0 spiro atoms. The zero-order valence-electron chi connectivity index (χ0n) is 31.0. The lowest BCUT2D eigenvalue weighted by Crippen LogP contribution is -3.11. The summed E-state index contributed by atoms with van der Waals surface area (Å²) in [5.74, 6) is -3.85. The van der Waals surface area contributed by atoms with Crippen LogP contribution in [0.15, 0.2) is 34.9 Å². The van der Waals surface area contributed by atoms with E-state index in [1.54, 1.807) is 11.0 Å². The van der Waals surface area contributed by atoms with E-state index < -0.39 is 62.4 Å². The lowest BCUT2D eigenvalue weighted by Gasteiger charge is -2.44. The zero-order chi connectivity index (χ0) is 37.7. The average molecular weight is 720 g/mol. The molecule has 0 amide bonds. The van der Waals surface area contributed by atoms with Crippen LogP contribution in [0.3, 0.4) is 0 Å². The molecule has 0 aromatic rings. The highest BCUT2D eigenvalue weighted by Gasteiger charge is 2.56. The van der Waals surface area contributed by atoms with Crippen LogP contribution in [-0.2, 0) is 56.5 Å². The van der Waals surface area contributed by atoms with Gasteiger partial charge in [0.05, 0.1) is 33.4 Å². The fraction of sp³-hybridized carbons (Fsp3) is 0.706. The molecule has 49 heavy (non-hydrogen) atoms. The minimum absolute atomic E-state index is 0.370. The molecule has 6 atom stereocenters. The normalized spacial score (nSPS) is 22.2. The summed E-state index contributed by atoms with van der Waals surface area (Å²) in [5, 5.41) is 0. The maximum absolute atomic E-state index is 12.7. The van der Waals surface area contributed by atoms with Crippen LogP contribution in [0.2, 0.25) is 0 Å². The van der Waals surface area contributed by atoms with E-state index in [1.165, 1.54) is 30.8 Å². The Hall–Kier alpha value is -2.87. The fourth-order valence-electron chi connectivity index (χ4n) is 4.68. The highest BCUT2D eigenvalue weighted by Crippen LogP contribution is 2.44. The van der Waals surface area contributed by atoms with Crippen LogP contribution in [0.25, 0.3) is 0 Å². The quantitative estimate of drug-likeness (QED) is 0.0943. The number of hydrogen-bond donors (Lipinski definition) is 1. The lowest BCUT2D eigenvalue weighted by atomic mass is 9.98. The molecule has 1 aliphatic rings. The van der Waals surface area contributed by atoms with Gasteiger partial charge >= 0.3 is 23.9 Å². The molecule has 0 radical (unpaired) electrons. The molecule has 1 N–H and O–H groups in total. The molecule has 1 rings (SSSR count). The Morgan fingerprint density at radius 2 is 1.20 bits per heavy atom. The topological polar surface area (TPSA) is 177 Å². The van der Waals surface area contributed by atoms with Gasteiger partial charge in [0.25, 0.3) is 7.82 Å². The number of rotatable bonds is 18. The monoisotopic (exact) mass is 719 g/mol. The first kappa shape index (κ1) is 46.1. The van der Waals surface area contributed by atoms with E-state index in [0.717, 1.165) is 52.7 Å². The molecule has 1 unspecified atom stereocenters. The van der Waals surface area contributed by atoms with Crippen LogP contribution in [-0.4, -0.2) is 87.9 Å². The Bertz CT molecular complexity index is 1180. The molecule has 0 aromatic carbocycles. The van der Waals surface area contributed by atoms with Crippen molar-refractivity contribution < 1.29 is 66.3 Å². The van der Waals surface area contributed by atoms with Gasteiger partial charge in [-0.15, -0.1) is 0 Å². The largest absolute Gasteiger partial charge is 0.756 e. The highest BCUT2D eigenvalue weighted by atomic mass is 31.2. The second-order valence-electron chi connectivity index (χ2n) is 11.8. The van der Waals surface area contributed by atoms with Crippen molar-refractivity contribution in [2.45, 2.75) is 126 Å². The van der Waals surface area contributed by atoms with Crippen LogP contribution in [0.5, 0.6) is 0 Å². The van der Waals surface area contributed by atoms with Gasteiger partial charge in [-0.1, -0.05) is 34.9 Å². The third kappa shape index (κ3) is 19.8. The van der Waals surface area contributed by atoms with Crippen LogP contribution in [0.1, 0.15) is 94.9 Å². The predicted octanol–water partition coefficient (Wildman–Crippen LogP) is 3.53. The van der Waals surface area contributed by atoms with Crippen LogP contribution < -0.4 is 9.79 Å². The van der Waals surface area contributed by atoms with Gasteiger partial charge in [-0.05, 0) is 74.1 Å². The number of ether oxygens (including phenoxy) is 5. The molecule has 282 valence electrons. The minimum atomic E-state index is -5.16. The molecular weight excluding hydrogens is 661 g/mol. The van der Waals surface area contributed by atoms with Crippen molar-refractivity contribution in [1.82, 2.24) is 0 Å². The Morgan fingerprint density at radius 1 is 0.735 bits per heavy atom. The number of esters is 4. The minimum Gasteiger partial charge on any atom is -0.756 e. The molecule has 0 saturated carbocycles. The smallest absolute Gasteiger partial charge is 0.339 e. The van der Waals surface area contributed by atoms with Gasteiger partial charge in [0.1, 0.15) is 0 Å². The van der Waals surface area contributed by atoms with Crippen molar-refractivity contribution in [2.24, 2.45) is 0 Å². The summed E-state index contributed by atoms with van der Waals surface area (Å²) in [5.41, 5.74) is 3.41. The van der Waals surface area contributed by atoms with Gasteiger partial charge in [-0.2, -0.15) is 0 Å². The first-order valence-corrected chi connectivity index (χ1v) is 18.0. The van der Waals surface area contributed by atoms with E-state index in [4.69, 9.17) is 28.0 Å². The van der Waals surface area contributed by atoms with Crippen LogP contribution in [0.4, 0.5) is 0 Å². The maximum Gasteiger partial charge on any atom is 0.339 e. The number of hydrogen-bond acceptors (Lipinski definition) is 13. The number of nitrogens with one attached hydrogen (secondary N) is 1. The van der Waals surface area contributed by atoms with Crippen molar-refractivity contribution in [2.75, 3.05) is 33.4 Å². The summed E-state index contributed by atoms with van der Waals surface area (Å²) in [7, 11) is -4.16. The summed E-state index contributed by atoms with van der Waals surface area (Å²) in [6, 6.07) is 0. The summed E-state index contributed by atoms with van der Waals surface area (Å²) in [6.07, 6.45) is 0.304. The van der Waals surface area contributed by atoms with Gasteiger partial charge in [0.2, 0.25) is 6.29 Å². The van der Waals surface area contributed by atoms with E-state index in [0.29, 0.717) is 6.42 Å². The van der Waals surface area contributed by atoms with Gasteiger partial charge in [-0.25, -0.2) is 4.79 Å². The van der Waals surface area contributed by atoms with E-state index in [1.807, 2.05) is 6.92 Å². The van der Waals surface area contributed by atoms with Crippen molar-refractivity contribution in [3.05, 3.63) is 34.9 Å². The number of carbonyl (C=O) groups excluding carboxylic acids is 4. The summed E-state index contributed by atoms with van der Waals surface area (Å²) < 4.78 is 48.2. The van der Waals surface area contributed by atoms with Crippen molar-refractivity contribution in [3.8, 4) is 0 Å². The van der Waals surface area contributed by atoms with E-state index >= 15 is 0 Å². The molecule has 0 aromatic heterocycles. The molecule has 14 nitrogen and oxygen atoms in total. The van der Waals surface area contributed by atoms with Crippen molar-refractivity contribution in [3.63, 3.8) is 0 Å². The Labute approximate surface area is 291 Å². The number of phosphoric ester groups is 1. The molecule has 0 aliphatic carbocycles. The Kier molecular flexibility index (Phi) is 22.9. The summed E-state index contributed by atoms with van der Waals surface area (Å²) in [6.45, 7) is 21.1. The number of phosphoric acid groups is 1. The zero-order valence-corrected chi connectivity index (χ0v) is 31.9.